The van der Waals surface area contributed by atoms with Gasteiger partial charge in [-0.15, -0.1) is 0 Å². The van der Waals surface area contributed by atoms with Crippen molar-refractivity contribution < 1.29 is 14.3 Å². The van der Waals surface area contributed by atoms with E-state index >= 15 is 0 Å². The lowest BCUT2D eigenvalue weighted by Gasteiger charge is -2.12. The Balaban J connectivity index is 1.88. The van der Waals surface area contributed by atoms with Gasteiger partial charge in [-0.3, -0.25) is 9.59 Å². The molecule has 0 fully saturated rings. The highest BCUT2D eigenvalue weighted by molar-refractivity contribution is 6.10. The van der Waals surface area contributed by atoms with Crippen LogP contribution in [-0.4, -0.2) is 18.9 Å². The maximum atomic E-state index is 12.9. The summed E-state index contributed by atoms with van der Waals surface area (Å²) in [5.74, 6) is -0.0540. The second-order valence-corrected chi connectivity index (χ2v) is 6.47. The molecule has 0 heterocycles. The molecule has 0 bridgehead atoms. The highest BCUT2D eigenvalue weighted by atomic mass is 16.5. The van der Waals surface area contributed by atoms with Crippen LogP contribution in [0.15, 0.2) is 84.6 Å². The van der Waals surface area contributed by atoms with Crippen molar-refractivity contribution in [2.24, 2.45) is 0 Å². The van der Waals surface area contributed by atoms with Crippen molar-refractivity contribution in [3.05, 3.63) is 101 Å². The molecule has 0 aliphatic rings. The van der Waals surface area contributed by atoms with Crippen molar-refractivity contribution in [2.75, 3.05) is 12.4 Å². The van der Waals surface area contributed by atoms with Gasteiger partial charge in [0.05, 0.1) is 7.11 Å². The van der Waals surface area contributed by atoms with Crippen molar-refractivity contribution in [1.82, 2.24) is 5.32 Å². The SMILES string of the molecule is COc1ccc(/C=C(\NC(=O)c2ccccc2)C(=O)Nc2cccc(C)c2)cc1. The van der Waals surface area contributed by atoms with Gasteiger partial charge in [0.1, 0.15) is 11.4 Å². The number of ether oxygens (including phenoxy) is 1. The molecule has 5 heteroatoms. The number of hydrogen-bond donors (Lipinski definition) is 2. The molecule has 0 unspecified atom stereocenters. The molecule has 0 aliphatic carbocycles. The maximum Gasteiger partial charge on any atom is 0.272 e. The number of carbonyl (C=O) groups is 2. The van der Waals surface area contributed by atoms with E-state index in [1.54, 1.807) is 55.7 Å². The summed E-state index contributed by atoms with van der Waals surface area (Å²) in [7, 11) is 1.59. The van der Waals surface area contributed by atoms with Gasteiger partial charge in [0.15, 0.2) is 0 Å². The van der Waals surface area contributed by atoms with E-state index in [0.29, 0.717) is 17.0 Å². The molecule has 3 aromatic carbocycles. The van der Waals surface area contributed by atoms with E-state index in [1.165, 1.54) is 0 Å². The Hall–Kier alpha value is -3.86. The van der Waals surface area contributed by atoms with E-state index in [4.69, 9.17) is 4.74 Å². The number of hydrogen-bond acceptors (Lipinski definition) is 3. The second kappa shape index (κ2) is 9.37. The maximum absolute atomic E-state index is 12.9. The van der Waals surface area contributed by atoms with Crippen LogP contribution in [0.25, 0.3) is 6.08 Å². The van der Waals surface area contributed by atoms with Crippen LogP contribution in [0.5, 0.6) is 5.75 Å². The second-order valence-electron chi connectivity index (χ2n) is 6.47. The van der Waals surface area contributed by atoms with Gasteiger partial charge < -0.3 is 15.4 Å². The molecule has 3 rings (SSSR count). The molecule has 2 N–H and O–H groups in total. The van der Waals surface area contributed by atoms with E-state index in [2.05, 4.69) is 10.6 Å². The van der Waals surface area contributed by atoms with Crippen molar-refractivity contribution in [3.63, 3.8) is 0 Å². The third-order valence-electron chi connectivity index (χ3n) is 4.23. The van der Waals surface area contributed by atoms with Crippen LogP contribution in [0.2, 0.25) is 0 Å². The molecular formula is C24H22N2O3. The van der Waals surface area contributed by atoms with E-state index in [-0.39, 0.29) is 11.6 Å². The van der Waals surface area contributed by atoms with Crippen molar-refractivity contribution in [3.8, 4) is 5.75 Å². The van der Waals surface area contributed by atoms with Crippen molar-refractivity contribution in [1.29, 1.82) is 0 Å². The fraction of sp³-hybridized carbons (Fsp3) is 0.0833. The van der Waals surface area contributed by atoms with Gasteiger partial charge in [-0.2, -0.15) is 0 Å². The Morgan fingerprint density at radius 2 is 1.62 bits per heavy atom. The number of carbonyl (C=O) groups excluding carboxylic acids is 2. The Morgan fingerprint density at radius 1 is 0.897 bits per heavy atom. The quantitative estimate of drug-likeness (QED) is 0.617. The van der Waals surface area contributed by atoms with E-state index in [1.807, 2.05) is 43.3 Å². The standard InChI is InChI=1S/C24H22N2O3/c1-17-7-6-10-20(15-17)25-24(28)22(16-18-11-13-21(29-2)14-12-18)26-23(27)19-8-4-3-5-9-19/h3-16H,1-2H3,(H,25,28)(H,26,27)/b22-16-. The van der Waals surface area contributed by atoms with E-state index < -0.39 is 5.91 Å². The summed E-state index contributed by atoms with van der Waals surface area (Å²) < 4.78 is 5.16. The molecule has 0 aromatic heterocycles. The first-order chi connectivity index (χ1) is 14.0. The highest BCUT2D eigenvalue weighted by Gasteiger charge is 2.15. The number of aryl methyl sites for hydroxylation is 1. The van der Waals surface area contributed by atoms with E-state index in [9.17, 15) is 9.59 Å². The molecule has 3 aromatic rings. The van der Waals surface area contributed by atoms with Crippen LogP contribution in [0.4, 0.5) is 5.69 Å². The lowest BCUT2D eigenvalue weighted by atomic mass is 10.1. The topological polar surface area (TPSA) is 67.4 Å². The highest BCUT2D eigenvalue weighted by Crippen LogP contribution is 2.16. The number of anilines is 1. The number of amides is 2. The fourth-order valence-electron chi connectivity index (χ4n) is 2.73. The molecule has 146 valence electrons. The lowest BCUT2D eigenvalue weighted by Crippen LogP contribution is -2.30. The Kier molecular flexibility index (Phi) is 6.43. The molecule has 0 spiro atoms. The Bertz CT molecular complexity index is 1030. The normalized spacial score (nSPS) is 10.9. The van der Waals surface area contributed by atoms with Crippen LogP contribution in [0.3, 0.4) is 0 Å². The summed E-state index contributed by atoms with van der Waals surface area (Å²) >= 11 is 0. The molecule has 0 saturated heterocycles. The zero-order chi connectivity index (χ0) is 20.6. The minimum absolute atomic E-state index is 0.144. The minimum Gasteiger partial charge on any atom is -0.497 e. The lowest BCUT2D eigenvalue weighted by molar-refractivity contribution is -0.113. The molecule has 0 atom stereocenters. The fourth-order valence-corrected chi connectivity index (χ4v) is 2.73. The number of nitrogens with one attached hydrogen (secondary N) is 2. The summed E-state index contributed by atoms with van der Waals surface area (Å²) in [6.07, 6.45) is 1.63. The smallest absolute Gasteiger partial charge is 0.272 e. The first-order valence-corrected chi connectivity index (χ1v) is 9.15. The largest absolute Gasteiger partial charge is 0.497 e. The van der Waals surface area contributed by atoms with Gasteiger partial charge in [0.2, 0.25) is 0 Å². The van der Waals surface area contributed by atoms with Crippen LogP contribution < -0.4 is 15.4 Å². The van der Waals surface area contributed by atoms with Gasteiger partial charge in [0.25, 0.3) is 11.8 Å². The molecule has 2 amide bonds. The van der Waals surface area contributed by atoms with Gasteiger partial charge in [0, 0.05) is 11.3 Å². The molecule has 5 nitrogen and oxygen atoms in total. The van der Waals surface area contributed by atoms with Crippen LogP contribution >= 0.6 is 0 Å². The summed E-state index contributed by atoms with van der Waals surface area (Å²) in [6.45, 7) is 1.95. The Labute approximate surface area is 170 Å². The first kappa shape index (κ1) is 19.9. The number of methoxy groups -OCH3 is 1. The monoisotopic (exact) mass is 386 g/mol. The minimum atomic E-state index is -0.407. The molecular weight excluding hydrogens is 364 g/mol. The molecule has 29 heavy (non-hydrogen) atoms. The zero-order valence-electron chi connectivity index (χ0n) is 16.3. The van der Waals surface area contributed by atoms with Gasteiger partial charge >= 0.3 is 0 Å². The van der Waals surface area contributed by atoms with E-state index in [0.717, 1.165) is 11.1 Å². The van der Waals surface area contributed by atoms with Gasteiger partial charge in [-0.25, -0.2) is 0 Å². The average molecular weight is 386 g/mol. The summed E-state index contributed by atoms with van der Waals surface area (Å²) in [4.78, 5) is 25.5. The first-order valence-electron chi connectivity index (χ1n) is 9.15. The third kappa shape index (κ3) is 5.56. The summed E-state index contributed by atoms with van der Waals surface area (Å²) in [5.41, 5.74) is 3.05. The molecule has 0 radical (unpaired) electrons. The number of benzene rings is 3. The Morgan fingerprint density at radius 3 is 2.28 bits per heavy atom. The number of rotatable bonds is 6. The zero-order valence-corrected chi connectivity index (χ0v) is 16.3. The predicted octanol–water partition coefficient (Wildman–Crippen LogP) is 4.41. The average Bonchev–Trinajstić information content (AvgIpc) is 2.74. The van der Waals surface area contributed by atoms with Crippen LogP contribution in [-0.2, 0) is 4.79 Å². The van der Waals surface area contributed by atoms with Crippen LogP contribution in [0.1, 0.15) is 21.5 Å². The molecule has 0 aliphatic heterocycles. The van der Waals surface area contributed by atoms with Crippen molar-refractivity contribution in [2.45, 2.75) is 6.92 Å². The van der Waals surface area contributed by atoms with Gasteiger partial charge in [-0.05, 0) is 60.5 Å². The summed E-state index contributed by atoms with van der Waals surface area (Å²) in [6, 6.07) is 23.4. The third-order valence-corrected chi connectivity index (χ3v) is 4.23. The predicted molar refractivity (Wildman–Crippen MR) is 115 cm³/mol. The molecule has 0 saturated carbocycles. The van der Waals surface area contributed by atoms with Crippen molar-refractivity contribution >= 4 is 23.6 Å². The van der Waals surface area contributed by atoms with Gasteiger partial charge in [-0.1, -0.05) is 42.5 Å². The van der Waals surface area contributed by atoms with Crippen LogP contribution in [0, 0.1) is 6.92 Å². The summed E-state index contributed by atoms with van der Waals surface area (Å²) in [5, 5.41) is 5.56.